The third-order valence-corrected chi connectivity index (χ3v) is 10.8. The molecule has 0 unspecified atom stereocenters. The molecule has 0 bridgehead atoms. The van der Waals surface area contributed by atoms with Crippen molar-refractivity contribution in [3.8, 4) is 5.75 Å². The summed E-state index contributed by atoms with van der Waals surface area (Å²) in [6.07, 6.45) is 0. The van der Waals surface area contributed by atoms with E-state index in [-0.39, 0.29) is 34.3 Å². The lowest BCUT2D eigenvalue weighted by atomic mass is 10.1. The molecule has 0 aliphatic carbocycles. The van der Waals surface area contributed by atoms with Gasteiger partial charge in [0.15, 0.2) is 0 Å². The second kappa shape index (κ2) is 16.4. The average Bonchev–Trinajstić information content (AvgIpc) is 3.67. The van der Waals surface area contributed by atoms with Gasteiger partial charge in [0.1, 0.15) is 46.2 Å². The molecule has 0 amide bonds. The fourth-order valence-corrected chi connectivity index (χ4v) is 7.51. The summed E-state index contributed by atoms with van der Waals surface area (Å²) in [5.74, 6) is 0.187. The number of carbonyl (C=O) groups is 2. The number of fused-ring (bicyclic) bond motifs is 2. The maximum atomic E-state index is 12.6. The number of rotatable bonds is 12. The summed E-state index contributed by atoms with van der Waals surface area (Å²) in [5, 5.41) is 0.930. The number of benzene rings is 4. The van der Waals surface area contributed by atoms with Crippen molar-refractivity contribution in [3.63, 3.8) is 0 Å². The average molecular weight is 779 g/mol. The molecule has 2 N–H and O–H groups in total. The molecule has 6 aromatic rings. The number of ether oxygens (including phenoxy) is 4. The molecule has 0 aliphatic heterocycles. The Kier molecular flexibility index (Phi) is 12.0. The van der Waals surface area contributed by atoms with E-state index in [1.54, 1.807) is 80.6 Å². The normalized spacial score (nSPS) is 11.4. The molecule has 0 atom stereocenters. The van der Waals surface area contributed by atoms with Gasteiger partial charge in [-0.05, 0) is 93.6 Å². The molecule has 284 valence electrons. The van der Waals surface area contributed by atoms with E-state index in [1.807, 2.05) is 6.92 Å². The summed E-state index contributed by atoms with van der Waals surface area (Å²) >= 11 is 0. The van der Waals surface area contributed by atoms with Crippen molar-refractivity contribution in [2.75, 3.05) is 37.4 Å². The van der Waals surface area contributed by atoms with Gasteiger partial charge in [0.25, 0.3) is 20.0 Å². The van der Waals surface area contributed by atoms with Crippen LogP contribution >= 0.6 is 0 Å². The van der Waals surface area contributed by atoms with Crippen LogP contribution in [0.1, 0.15) is 44.7 Å². The number of hydrogen-bond acceptors (Lipinski definition) is 12. The van der Waals surface area contributed by atoms with Gasteiger partial charge < -0.3 is 27.8 Å². The minimum Gasteiger partial charge on any atom is -0.497 e. The minimum absolute atomic E-state index is 0.0754. The molecule has 16 heteroatoms. The lowest BCUT2D eigenvalue weighted by molar-refractivity contribution is 0.0525. The molecule has 0 spiro atoms. The van der Waals surface area contributed by atoms with E-state index in [0.717, 1.165) is 5.56 Å². The second-order valence-corrected chi connectivity index (χ2v) is 15.1. The van der Waals surface area contributed by atoms with E-state index in [1.165, 1.54) is 39.5 Å². The smallest absolute Gasteiger partial charge is 0.342 e. The lowest BCUT2D eigenvalue weighted by Gasteiger charge is -2.09. The summed E-state index contributed by atoms with van der Waals surface area (Å²) < 4.78 is 86.6. The standard InChI is InChI=1S/C19H19NO7S.C19H19NO5S/c1-24-11-17-18(19(21)26-3)15-10-12(4-9-16(15)27-17)20-28(22,23)14-7-5-13(25-2)6-8-14;1-4-24-19(21)18-13(3)25-17-10-7-14(11-16(17)18)20-26(22,23)15-8-5-12(2)6-9-15/h4-10,20H,11H2,1-3H3;5-11,20H,4H2,1-3H3. The van der Waals surface area contributed by atoms with Crippen LogP contribution in [-0.2, 0) is 40.9 Å². The first kappa shape index (κ1) is 39.4. The predicted molar refractivity (Wildman–Crippen MR) is 201 cm³/mol. The van der Waals surface area contributed by atoms with Crippen LogP contribution in [-0.4, -0.2) is 56.7 Å². The van der Waals surface area contributed by atoms with E-state index in [4.69, 9.17) is 27.8 Å². The maximum absolute atomic E-state index is 12.6. The van der Waals surface area contributed by atoms with Crippen LogP contribution in [0.15, 0.2) is 104 Å². The second-order valence-electron chi connectivity index (χ2n) is 11.7. The molecule has 0 saturated carbocycles. The Hall–Kier alpha value is -5.84. The van der Waals surface area contributed by atoms with Gasteiger partial charge in [0, 0.05) is 29.3 Å². The van der Waals surface area contributed by atoms with E-state index >= 15 is 0 Å². The van der Waals surface area contributed by atoms with Crippen molar-refractivity contribution in [1.82, 2.24) is 0 Å². The molecule has 14 nitrogen and oxygen atoms in total. The number of methoxy groups -OCH3 is 3. The Morgan fingerprint density at radius 1 is 0.667 bits per heavy atom. The Balaban J connectivity index is 0.000000208. The number of sulfonamides is 2. The zero-order chi connectivity index (χ0) is 39.2. The van der Waals surface area contributed by atoms with Gasteiger partial charge in [-0.1, -0.05) is 17.7 Å². The SMILES string of the molecule is CCOC(=O)c1c(C)oc2ccc(NS(=O)(=O)c3ccc(C)cc3)cc12.COCc1oc2ccc(NS(=O)(=O)c3ccc(OC)cc3)cc2c1C(=O)OC. The molecule has 2 aromatic heterocycles. The summed E-state index contributed by atoms with van der Waals surface area (Å²) in [7, 11) is -3.33. The number of furan rings is 2. The topological polar surface area (TPSA) is 190 Å². The monoisotopic (exact) mass is 778 g/mol. The van der Waals surface area contributed by atoms with Gasteiger partial charge in [0.05, 0.1) is 30.6 Å². The quantitative estimate of drug-likeness (QED) is 0.119. The van der Waals surface area contributed by atoms with Gasteiger partial charge in [-0.3, -0.25) is 9.44 Å². The van der Waals surface area contributed by atoms with Crippen LogP contribution in [0.4, 0.5) is 11.4 Å². The van der Waals surface area contributed by atoms with Crippen LogP contribution < -0.4 is 14.2 Å². The van der Waals surface area contributed by atoms with Crippen LogP contribution in [0.2, 0.25) is 0 Å². The van der Waals surface area contributed by atoms with Gasteiger partial charge in [-0.25, -0.2) is 26.4 Å². The Labute approximate surface area is 312 Å². The minimum atomic E-state index is -3.83. The zero-order valence-electron chi connectivity index (χ0n) is 30.2. The fourth-order valence-electron chi connectivity index (χ4n) is 5.41. The highest BCUT2D eigenvalue weighted by Crippen LogP contribution is 2.32. The van der Waals surface area contributed by atoms with Gasteiger partial charge in [-0.15, -0.1) is 0 Å². The largest absolute Gasteiger partial charge is 0.497 e. The Bertz CT molecular complexity index is 2520. The van der Waals surface area contributed by atoms with Crippen molar-refractivity contribution in [1.29, 1.82) is 0 Å². The van der Waals surface area contributed by atoms with Gasteiger partial charge >= 0.3 is 11.9 Å². The van der Waals surface area contributed by atoms with E-state index in [2.05, 4.69) is 9.44 Å². The van der Waals surface area contributed by atoms with Crippen molar-refractivity contribution in [3.05, 3.63) is 113 Å². The van der Waals surface area contributed by atoms with Crippen LogP contribution in [0.25, 0.3) is 21.9 Å². The van der Waals surface area contributed by atoms with Gasteiger partial charge in [-0.2, -0.15) is 0 Å². The van der Waals surface area contributed by atoms with Crippen molar-refractivity contribution >= 4 is 65.3 Å². The number of anilines is 2. The Morgan fingerprint density at radius 3 is 1.69 bits per heavy atom. The fraction of sp³-hybridized carbons (Fsp3) is 0.211. The molecular weight excluding hydrogens is 741 g/mol. The number of esters is 2. The highest BCUT2D eigenvalue weighted by atomic mass is 32.2. The summed E-state index contributed by atoms with van der Waals surface area (Å²) in [6, 6.07) is 22.0. The number of nitrogens with one attached hydrogen (secondary N) is 2. The van der Waals surface area contributed by atoms with Gasteiger partial charge in [0.2, 0.25) is 0 Å². The molecule has 54 heavy (non-hydrogen) atoms. The molecule has 2 heterocycles. The first-order valence-electron chi connectivity index (χ1n) is 16.3. The molecule has 0 aliphatic rings. The van der Waals surface area contributed by atoms with E-state index in [9.17, 15) is 26.4 Å². The highest BCUT2D eigenvalue weighted by molar-refractivity contribution is 7.93. The third kappa shape index (κ3) is 8.68. The molecule has 4 aromatic carbocycles. The summed E-state index contributed by atoms with van der Waals surface area (Å²) in [6.45, 7) is 5.59. The zero-order valence-corrected chi connectivity index (χ0v) is 31.8. The lowest BCUT2D eigenvalue weighted by Crippen LogP contribution is -2.13. The third-order valence-electron chi connectivity index (χ3n) is 7.97. The van der Waals surface area contributed by atoms with Crippen LogP contribution in [0.5, 0.6) is 5.75 Å². The number of aryl methyl sites for hydroxylation is 2. The molecule has 0 saturated heterocycles. The van der Waals surface area contributed by atoms with E-state index in [0.29, 0.717) is 50.5 Å². The molecule has 0 fully saturated rings. The predicted octanol–water partition coefficient (Wildman–Crippen LogP) is 7.20. The Morgan fingerprint density at radius 2 is 1.19 bits per heavy atom. The van der Waals surface area contributed by atoms with Crippen molar-refractivity contribution in [2.24, 2.45) is 0 Å². The van der Waals surface area contributed by atoms with Crippen molar-refractivity contribution in [2.45, 2.75) is 37.2 Å². The van der Waals surface area contributed by atoms with Crippen LogP contribution in [0, 0.1) is 13.8 Å². The number of carbonyl (C=O) groups excluding carboxylic acids is 2. The van der Waals surface area contributed by atoms with Crippen LogP contribution in [0.3, 0.4) is 0 Å². The molecule has 6 rings (SSSR count). The van der Waals surface area contributed by atoms with E-state index < -0.39 is 32.0 Å². The highest BCUT2D eigenvalue weighted by Gasteiger charge is 2.24. The molecule has 0 radical (unpaired) electrons. The first-order chi connectivity index (χ1) is 25.7. The number of hydrogen-bond donors (Lipinski definition) is 2. The maximum Gasteiger partial charge on any atom is 0.342 e. The summed E-state index contributed by atoms with van der Waals surface area (Å²) in [4.78, 5) is 24.6. The van der Waals surface area contributed by atoms with Crippen molar-refractivity contribution < 1.29 is 54.2 Å². The molecular formula is C38H38N2O12S2. The first-order valence-corrected chi connectivity index (χ1v) is 19.3. The summed E-state index contributed by atoms with van der Waals surface area (Å²) in [5.41, 5.74) is 2.99.